The van der Waals surface area contributed by atoms with Crippen molar-refractivity contribution in [3.8, 4) is 5.75 Å². The maximum Gasteiger partial charge on any atom is 0.159 e. The van der Waals surface area contributed by atoms with Crippen molar-refractivity contribution in [2.45, 2.75) is 26.1 Å². The molecule has 0 aliphatic carbocycles. The van der Waals surface area contributed by atoms with Gasteiger partial charge in [-0.05, 0) is 42.7 Å². The molecule has 2 aromatic carbocycles. The number of morpholine rings is 1. The van der Waals surface area contributed by atoms with Gasteiger partial charge in [0.15, 0.2) is 11.6 Å². The van der Waals surface area contributed by atoms with Crippen LogP contribution in [0.4, 0.5) is 8.78 Å². The van der Waals surface area contributed by atoms with Gasteiger partial charge in [-0.2, -0.15) is 0 Å². The number of aliphatic hydroxyl groups excluding tert-OH is 1. The van der Waals surface area contributed by atoms with E-state index in [0.717, 1.165) is 22.9 Å². The Kier molecular flexibility index (Phi) is 6.42. The molecule has 146 valence electrons. The number of hydrogen-bond donors (Lipinski definition) is 1. The standard InChI is InChI=1S/C21H25F2NO3/c1-14-4-3-5-15(2)21(14)27-13-17(25)11-24-8-9-26-20(12-24)16-6-7-18(22)19(23)10-16/h3-7,10,17,20,25H,8-9,11-13H2,1-2H3. The summed E-state index contributed by atoms with van der Waals surface area (Å²) in [7, 11) is 0. The smallest absolute Gasteiger partial charge is 0.159 e. The number of aliphatic hydroxyl groups is 1. The molecular weight excluding hydrogens is 352 g/mol. The topological polar surface area (TPSA) is 41.9 Å². The van der Waals surface area contributed by atoms with Gasteiger partial charge in [-0.3, -0.25) is 4.90 Å². The van der Waals surface area contributed by atoms with E-state index in [9.17, 15) is 13.9 Å². The largest absolute Gasteiger partial charge is 0.490 e. The van der Waals surface area contributed by atoms with Crippen molar-refractivity contribution < 1.29 is 23.4 Å². The summed E-state index contributed by atoms with van der Waals surface area (Å²) >= 11 is 0. The van der Waals surface area contributed by atoms with Crippen LogP contribution in [0.2, 0.25) is 0 Å². The fourth-order valence-corrected chi connectivity index (χ4v) is 3.34. The van der Waals surface area contributed by atoms with Gasteiger partial charge in [0.1, 0.15) is 18.5 Å². The summed E-state index contributed by atoms with van der Waals surface area (Å²) in [6.45, 7) is 6.21. The lowest BCUT2D eigenvalue weighted by Gasteiger charge is -2.34. The molecule has 0 saturated carbocycles. The van der Waals surface area contributed by atoms with Crippen molar-refractivity contribution in [3.05, 3.63) is 64.7 Å². The Balaban J connectivity index is 1.54. The fourth-order valence-electron chi connectivity index (χ4n) is 3.34. The van der Waals surface area contributed by atoms with Crippen LogP contribution < -0.4 is 4.74 Å². The highest BCUT2D eigenvalue weighted by molar-refractivity contribution is 5.39. The van der Waals surface area contributed by atoms with Gasteiger partial charge >= 0.3 is 0 Å². The van der Waals surface area contributed by atoms with E-state index < -0.39 is 17.7 Å². The van der Waals surface area contributed by atoms with E-state index in [1.165, 1.54) is 12.1 Å². The van der Waals surface area contributed by atoms with Crippen LogP contribution in [0.1, 0.15) is 22.8 Å². The number of rotatable bonds is 6. The molecule has 1 saturated heterocycles. The number of para-hydroxylation sites is 1. The Morgan fingerprint density at radius 3 is 2.63 bits per heavy atom. The minimum Gasteiger partial charge on any atom is -0.490 e. The summed E-state index contributed by atoms with van der Waals surface area (Å²) < 4.78 is 38.1. The lowest BCUT2D eigenvalue weighted by molar-refractivity contribution is -0.0461. The van der Waals surface area contributed by atoms with Crippen molar-refractivity contribution in [3.63, 3.8) is 0 Å². The van der Waals surface area contributed by atoms with Gasteiger partial charge in [0, 0.05) is 19.6 Å². The first-order valence-corrected chi connectivity index (χ1v) is 9.10. The van der Waals surface area contributed by atoms with E-state index >= 15 is 0 Å². The average Bonchev–Trinajstić information content (AvgIpc) is 2.64. The highest BCUT2D eigenvalue weighted by Crippen LogP contribution is 2.25. The minimum atomic E-state index is -0.879. The molecule has 1 heterocycles. The lowest BCUT2D eigenvalue weighted by atomic mass is 10.1. The first kappa shape index (κ1) is 19.7. The molecule has 0 bridgehead atoms. The first-order chi connectivity index (χ1) is 12.9. The zero-order valence-electron chi connectivity index (χ0n) is 15.6. The van der Waals surface area contributed by atoms with Gasteiger partial charge in [0.05, 0.1) is 12.7 Å². The summed E-state index contributed by atoms with van der Waals surface area (Å²) in [6.07, 6.45) is -1.01. The molecule has 1 aliphatic heterocycles. The van der Waals surface area contributed by atoms with Gasteiger partial charge in [0.2, 0.25) is 0 Å². The molecule has 2 aromatic rings. The highest BCUT2D eigenvalue weighted by atomic mass is 19.2. The molecule has 1 aliphatic rings. The van der Waals surface area contributed by atoms with Crippen molar-refractivity contribution in [2.75, 3.05) is 32.8 Å². The maximum absolute atomic E-state index is 13.5. The van der Waals surface area contributed by atoms with Crippen LogP contribution in [-0.2, 0) is 4.74 Å². The molecule has 0 amide bonds. The number of β-amino-alcohol motifs (C(OH)–C–C–N with tert-alkyl or cyclic N) is 1. The van der Waals surface area contributed by atoms with Gasteiger partial charge in [-0.15, -0.1) is 0 Å². The Labute approximate surface area is 158 Å². The van der Waals surface area contributed by atoms with Gasteiger partial charge in [0.25, 0.3) is 0 Å². The molecule has 27 heavy (non-hydrogen) atoms. The third kappa shape index (κ3) is 5.03. The molecular formula is C21H25F2NO3. The third-order valence-corrected chi connectivity index (χ3v) is 4.76. The number of nitrogens with zero attached hydrogens (tertiary/aromatic N) is 1. The van der Waals surface area contributed by atoms with Gasteiger partial charge in [-0.25, -0.2) is 8.78 Å². The van der Waals surface area contributed by atoms with E-state index in [2.05, 4.69) is 0 Å². The van der Waals surface area contributed by atoms with Crippen molar-refractivity contribution in [1.82, 2.24) is 4.90 Å². The second kappa shape index (κ2) is 8.78. The van der Waals surface area contributed by atoms with Crippen LogP contribution in [0.3, 0.4) is 0 Å². The summed E-state index contributed by atoms with van der Waals surface area (Å²) in [4.78, 5) is 2.05. The van der Waals surface area contributed by atoms with E-state index in [1.807, 2.05) is 36.9 Å². The zero-order valence-corrected chi connectivity index (χ0v) is 15.6. The summed E-state index contributed by atoms with van der Waals surface area (Å²) in [5.74, 6) is -0.945. The van der Waals surface area contributed by atoms with E-state index in [1.54, 1.807) is 0 Å². The highest BCUT2D eigenvalue weighted by Gasteiger charge is 2.24. The molecule has 4 nitrogen and oxygen atoms in total. The quantitative estimate of drug-likeness (QED) is 0.838. The molecule has 0 aromatic heterocycles. The normalized spacial score (nSPS) is 19.1. The monoisotopic (exact) mass is 377 g/mol. The molecule has 0 radical (unpaired) electrons. The second-order valence-electron chi connectivity index (χ2n) is 6.98. The van der Waals surface area contributed by atoms with E-state index in [0.29, 0.717) is 31.8 Å². The number of aryl methyl sites for hydroxylation is 2. The van der Waals surface area contributed by atoms with Gasteiger partial charge < -0.3 is 14.6 Å². The third-order valence-electron chi connectivity index (χ3n) is 4.76. The van der Waals surface area contributed by atoms with E-state index in [4.69, 9.17) is 9.47 Å². The number of hydrogen-bond acceptors (Lipinski definition) is 4. The van der Waals surface area contributed by atoms with Crippen LogP contribution in [0.25, 0.3) is 0 Å². The molecule has 1 fully saturated rings. The predicted octanol–water partition coefficient (Wildman–Crippen LogP) is 3.39. The Hall–Kier alpha value is -2.02. The molecule has 2 atom stereocenters. The molecule has 3 rings (SSSR count). The van der Waals surface area contributed by atoms with Crippen molar-refractivity contribution in [1.29, 1.82) is 0 Å². The van der Waals surface area contributed by atoms with Crippen LogP contribution in [0, 0.1) is 25.5 Å². The Bertz CT molecular complexity index is 764. The van der Waals surface area contributed by atoms with Crippen molar-refractivity contribution in [2.24, 2.45) is 0 Å². The summed E-state index contributed by atoms with van der Waals surface area (Å²) in [5, 5.41) is 10.4. The van der Waals surface area contributed by atoms with Crippen LogP contribution >= 0.6 is 0 Å². The predicted molar refractivity (Wildman–Crippen MR) is 98.9 cm³/mol. The maximum atomic E-state index is 13.5. The van der Waals surface area contributed by atoms with Crippen LogP contribution in [0.15, 0.2) is 36.4 Å². The van der Waals surface area contributed by atoms with E-state index in [-0.39, 0.29) is 12.7 Å². The van der Waals surface area contributed by atoms with Crippen LogP contribution in [0.5, 0.6) is 5.75 Å². The molecule has 6 heteroatoms. The van der Waals surface area contributed by atoms with Gasteiger partial charge in [-0.1, -0.05) is 24.3 Å². The summed E-state index contributed by atoms with van der Waals surface area (Å²) in [5.41, 5.74) is 2.67. The average molecular weight is 377 g/mol. The SMILES string of the molecule is Cc1cccc(C)c1OCC(O)CN1CCOC(c2ccc(F)c(F)c2)C1. The molecule has 1 N–H and O–H groups in total. The molecule has 2 unspecified atom stereocenters. The number of ether oxygens (including phenoxy) is 2. The van der Waals surface area contributed by atoms with Crippen LogP contribution in [-0.4, -0.2) is 49.0 Å². The number of benzene rings is 2. The lowest BCUT2D eigenvalue weighted by Crippen LogP contribution is -2.43. The Morgan fingerprint density at radius 1 is 1.19 bits per heavy atom. The summed E-state index contributed by atoms with van der Waals surface area (Å²) in [6, 6.07) is 9.74. The molecule has 0 spiro atoms. The van der Waals surface area contributed by atoms with Crippen molar-refractivity contribution >= 4 is 0 Å². The fraction of sp³-hybridized carbons (Fsp3) is 0.429. The first-order valence-electron chi connectivity index (χ1n) is 9.10. The Morgan fingerprint density at radius 2 is 1.93 bits per heavy atom. The second-order valence-corrected chi connectivity index (χ2v) is 6.98. The minimum absolute atomic E-state index is 0.193. The number of halogens is 2. The zero-order chi connectivity index (χ0) is 19.4.